The number of aliphatic carboxylic acids is 1. The van der Waals surface area contributed by atoms with Gasteiger partial charge in [-0.1, -0.05) is 133 Å². The summed E-state index contributed by atoms with van der Waals surface area (Å²) in [6.07, 6.45) is 0. The number of carbonyl (C=O) groups is 3. The number of hydrogen-bond donors (Lipinski definition) is 5. The molecule has 0 aliphatic rings. The van der Waals surface area contributed by atoms with Crippen molar-refractivity contribution in [2.45, 2.75) is 0 Å². The zero-order valence-electron chi connectivity index (χ0n) is 32.7. The molecule has 0 atom stereocenters. The number of aromatic hydroxyl groups is 2. The number of nitrogens with zero attached hydrogens (tertiary/aromatic N) is 4. The number of nitrogens with one attached hydrogen (secondary N) is 1. The average molecular weight is 818 g/mol. The molecule has 0 aliphatic heterocycles. The molecule has 0 fully saturated rings. The Hall–Kier alpha value is -8.77. The van der Waals surface area contributed by atoms with E-state index in [-0.39, 0.29) is 22.9 Å². The van der Waals surface area contributed by atoms with Gasteiger partial charge in [0.1, 0.15) is 6.54 Å². The maximum absolute atomic E-state index is 12.8. The fraction of sp³-hybridized carbons (Fsp3) is 0.0200. The number of benzene rings is 6. The minimum Gasteiger partial charge on any atom is -0.505 e. The molecule has 0 radical (unpaired) electrons. The van der Waals surface area contributed by atoms with Crippen molar-refractivity contribution < 1.29 is 34.8 Å². The van der Waals surface area contributed by atoms with Crippen molar-refractivity contribution in [3.63, 3.8) is 0 Å². The van der Waals surface area contributed by atoms with Crippen LogP contribution in [0.5, 0.6) is 11.5 Å². The third kappa shape index (κ3) is 6.76. The van der Waals surface area contributed by atoms with Crippen molar-refractivity contribution in [3.8, 4) is 45.4 Å². The molecule has 0 saturated heterocycles. The summed E-state index contributed by atoms with van der Waals surface area (Å²) in [6.45, 7) is -0.579. The van der Waals surface area contributed by atoms with Gasteiger partial charge >= 0.3 is 11.9 Å². The summed E-state index contributed by atoms with van der Waals surface area (Å²) in [7, 11) is 0. The Morgan fingerprint density at radius 1 is 0.484 bits per heavy atom. The van der Waals surface area contributed by atoms with Gasteiger partial charge in [0.2, 0.25) is 0 Å². The lowest BCUT2D eigenvalue weighted by Crippen LogP contribution is -2.30. The van der Waals surface area contributed by atoms with Crippen LogP contribution >= 0.6 is 0 Å². The maximum Gasteiger partial charge on any atom is 0.358 e. The molecular weight excluding hydrogens is 783 g/mol. The van der Waals surface area contributed by atoms with Crippen LogP contribution in [0.3, 0.4) is 0 Å². The first-order chi connectivity index (χ1) is 30.2. The Morgan fingerprint density at radius 3 is 1.27 bits per heavy atom. The van der Waals surface area contributed by atoms with Gasteiger partial charge < -0.3 is 34.9 Å². The summed E-state index contributed by atoms with van der Waals surface area (Å²) in [4.78, 5) is 44.5. The highest BCUT2D eigenvalue weighted by atomic mass is 16.4. The topological polar surface area (TPSA) is 180 Å². The average Bonchev–Trinajstić information content (AvgIpc) is 3.85. The quantitative estimate of drug-likeness (QED) is 0.0998. The highest BCUT2D eigenvalue weighted by Gasteiger charge is 2.27. The van der Waals surface area contributed by atoms with E-state index >= 15 is 0 Å². The number of fused-ring (bicyclic) bond motifs is 6. The lowest BCUT2D eigenvalue weighted by molar-refractivity contribution is -0.135. The van der Waals surface area contributed by atoms with Gasteiger partial charge in [-0.3, -0.25) is 9.59 Å². The number of rotatable bonds is 8. The highest BCUT2D eigenvalue weighted by Crippen LogP contribution is 2.44. The molecule has 4 aromatic heterocycles. The van der Waals surface area contributed by atoms with E-state index in [1.54, 1.807) is 0 Å². The lowest BCUT2D eigenvalue weighted by atomic mass is 10.0. The molecule has 0 saturated carbocycles. The summed E-state index contributed by atoms with van der Waals surface area (Å²) in [5.41, 5.74) is 6.79. The minimum atomic E-state index is -1.27. The Bertz CT molecular complexity index is 3330. The summed E-state index contributed by atoms with van der Waals surface area (Å²) >= 11 is 0. The summed E-state index contributed by atoms with van der Waals surface area (Å²) in [5.74, 6) is -3.83. The van der Waals surface area contributed by atoms with Crippen LogP contribution in [-0.2, 0) is 4.79 Å². The van der Waals surface area contributed by atoms with E-state index in [1.165, 1.54) is 0 Å². The fourth-order valence-corrected chi connectivity index (χ4v) is 7.91. The molecule has 10 rings (SSSR count). The number of amides is 1. The van der Waals surface area contributed by atoms with Gasteiger partial charge in [0, 0.05) is 33.3 Å². The number of carbonyl (C=O) groups excluding carboxylic acids is 1. The molecule has 0 aliphatic carbocycles. The van der Waals surface area contributed by atoms with Gasteiger partial charge in [0.25, 0.3) is 5.91 Å². The van der Waals surface area contributed by atoms with E-state index in [0.717, 1.165) is 44.3 Å². The van der Waals surface area contributed by atoms with E-state index in [4.69, 9.17) is 5.11 Å². The largest absolute Gasteiger partial charge is 0.505 e. The normalized spacial score (nSPS) is 11.1. The molecule has 302 valence electrons. The monoisotopic (exact) mass is 817 g/mol. The number of carboxylic acids is 2. The Morgan fingerprint density at radius 2 is 0.855 bits per heavy atom. The van der Waals surface area contributed by atoms with Crippen molar-refractivity contribution in [2.24, 2.45) is 0 Å². The summed E-state index contributed by atoms with van der Waals surface area (Å²) < 4.78 is 4.03. The molecule has 12 heteroatoms. The highest BCUT2D eigenvalue weighted by molar-refractivity contribution is 6.19. The van der Waals surface area contributed by atoms with Crippen LogP contribution in [-0.4, -0.2) is 63.9 Å². The molecule has 4 heterocycles. The van der Waals surface area contributed by atoms with Crippen LogP contribution in [0.4, 0.5) is 0 Å². The zero-order valence-corrected chi connectivity index (χ0v) is 32.7. The predicted molar refractivity (Wildman–Crippen MR) is 238 cm³/mol. The molecular formula is C50H35N5O7. The van der Waals surface area contributed by atoms with E-state index in [0.29, 0.717) is 33.2 Å². The predicted octanol–water partition coefficient (Wildman–Crippen LogP) is 9.62. The SMILES string of the molecule is O=C(O)CNC(=O)c1nc(-c2ccccc2)c2c(c1O)c1ccccc1n2-c1ccccc1.O=C(O)c1nc(-c2ccccc2)c2c(c1O)c1ccccc1n2-c1ccccc1. The third-order valence-electron chi connectivity index (χ3n) is 10.5. The second kappa shape index (κ2) is 16.1. The molecule has 0 bridgehead atoms. The van der Waals surface area contributed by atoms with Gasteiger partial charge in [-0.2, -0.15) is 0 Å². The van der Waals surface area contributed by atoms with Crippen LogP contribution in [0, 0.1) is 0 Å². The first kappa shape index (κ1) is 38.7. The maximum atomic E-state index is 12.8. The minimum absolute atomic E-state index is 0.224. The van der Waals surface area contributed by atoms with Gasteiger partial charge in [0.15, 0.2) is 22.9 Å². The zero-order chi connectivity index (χ0) is 42.9. The van der Waals surface area contributed by atoms with Gasteiger partial charge in [0.05, 0.1) is 44.2 Å². The third-order valence-corrected chi connectivity index (χ3v) is 10.5. The number of hydrogen-bond acceptors (Lipinski definition) is 7. The van der Waals surface area contributed by atoms with Gasteiger partial charge in [-0.05, 0) is 36.4 Å². The van der Waals surface area contributed by atoms with Gasteiger partial charge in [-0.15, -0.1) is 0 Å². The van der Waals surface area contributed by atoms with Crippen molar-refractivity contribution >= 4 is 61.5 Å². The van der Waals surface area contributed by atoms with E-state index in [1.807, 2.05) is 179 Å². The molecule has 12 nitrogen and oxygen atoms in total. The molecule has 0 spiro atoms. The number of carboxylic acid groups (broad SMARTS) is 2. The molecule has 10 aromatic rings. The Balaban J connectivity index is 0.000000159. The van der Waals surface area contributed by atoms with Crippen LogP contribution in [0.15, 0.2) is 170 Å². The second-order valence-electron chi connectivity index (χ2n) is 14.3. The first-order valence-corrected chi connectivity index (χ1v) is 19.5. The van der Waals surface area contributed by atoms with Crippen molar-refractivity contribution in [1.29, 1.82) is 0 Å². The van der Waals surface area contributed by atoms with Crippen LogP contribution in [0.25, 0.3) is 77.5 Å². The molecule has 5 N–H and O–H groups in total. The molecule has 1 amide bonds. The molecule has 0 unspecified atom stereocenters. The standard InChI is InChI=1S/C26H19N3O4.C24H16N2O3/c30-20(31)15-27-26(33)23-25(32)21-18-13-7-8-14-19(18)29(17-11-5-2-6-12-17)24(21)22(28-23)16-9-3-1-4-10-16;27-23-19-17-13-7-8-14-18(17)26(16-11-5-2-6-12-16)22(19)20(25-21(23)24(28)29)15-9-3-1-4-10-15/h1-14,32H,15H2,(H,27,33)(H,30,31);1-14,27H,(H,28,29). The lowest BCUT2D eigenvalue weighted by Gasteiger charge is -2.13. The van der Waals surface area contributed by atoms with Crippen molar-refractivity contribution in [1.82, 2.24) is 24.4 Å². The van der Waals surface area contributed by atoms with Crippen LogP contribution < -0.4 is 5.32 Å². The Kier molecular flexibility index (Phi) is 10.1. The number of pyridine rings is 2. The van der Waals surface area contributed by atoms with E-state index in [2.05, 4.69) is 15.3 Å². The smallest absolute Gasteiger partial charge is 0.358 e. The van der Waals surface area contributed by atoms with Gasteiger partial charge in [-0.25, -0.2) is 14.8 Å². The number of aromatic carboxylic acids is 1. The fourth-order valence-electron chi connectivity index (χ4n) is 7.91. The van der Waals surface area contributed by atoms with Crippen molar-refractivity contribution in [3.05, 3.63) is 181 Å². The second-order valence-corrected chi connectivity index (χ2v) is 14.3. The number of para-hydroxylation sites is 4. The first-order valence-electron chi connectivity index (χ1n) is 19.5. The van der Waals surface area contributed by atoms with Crippen LogP contribution in [0.1, 0.15) is 21.0 Å². The molecule has 6 aromatic carbocycles. The Labute approximate surface area is 352 Å². The van der Waals surface area contributed by atoms with E-state index < -0.39 is 24.4 Å². The number of aromatic nitrogens is 4. The van der Waals surface area contributed by atoms with Crippen LogP contribution in [0.2, 0.25) is 0 Å². The summed E-state index contributed by atoms with van der Waals surface area (Å²) in [5, 5.41) is 45.5. The van der Waals surface area contributed by atoms with Crippen molar-refractivity contribution in [2.75, 3.05) is 6.54 Å². The van der Waals surface area contributed by atoms with E-state index in [9.17, 15) is 29.7 Å². The summed E-state index contributed by atoms with van der Waals surface area (Å²) in [6, 6.07) is 53.5. The molecule has 62 heavy (non-hydrogen) atoms.